The van der Waals surface area contributed by atoms with Crippen molar-refractivity contribution in [2.45, 2.75) is 13.8 Å². The fourth-order valence-corrected chi connectivity index (χ4v) is 2.30. The Morgan fingerprint density at radius 2 is 1.79 bits per heavy atom. The lowest BCUT2D eigenvalue weighted by molar-refractivity contribution is 1.21. The van der Waals surface area contributed by atoms with E-state index in [1.807, 2.05) is 24.3 Å². The molecule has 2 aromatic rings. The van der Waals surface area contributed by atoms with Crippen LogP contribution in [-0.4, -0.2) is 5.84 Å². The van der Waals surface area contributed by atoms with Crippen LogP contribution in [0.25, 0.3) is 5.70 Å². The van der Waals surface area contributed by atoms with Crippen molar-refractivity contribution in [1.29, 1.82) is 0 Å². The highest BCUT2D eigenvalue weighted by molar-refractivity contribution is 6.08. The molecule has 2 aromatic carbocycles. The lowest BCUT2D eigenvalue weighted by atomic mass is 10.0. The molecule has 0 spiro atoms. The Hall–Kier alpha value is -2.35. The average molecular weight is 248 g/mol. The van der Waals surface area contributed by atoms with E-state index in [1.165, 1.54) is 11.1 Å². The first-order valence-corrected chi connectivity index (χ1v) is 6.37. The van der Waals surface area contributed by atoms with Gasteiger partial charge in [0.25, 0.3) is 0 Å². The van der Waals surface area contributed by atoms with Gasteiger partial charge in [0.15, 0.2) is 0 Å². The molecular formula is C17H16N2. The van der Waals surface area contributed by atoms with E-state index in [9.17, 15) is 0 Å². The normalized spacial score (nSPS) is 13.6. The Bertz CT molecular complexity index is 696. The van der Waals surface area contributed by atoms with E-state index >= 15 is 0 Å². The topological polar surface area (TPSA) is 24.4 Å². The molecule has 0 bridgehead atoms. The number of nitrogens with zero attached hydrogens (tertiary/aromatic N) is 1. The van der Waals surface area contributed by atoms with Gasteiger partial charge in [0, 0.05) is 16.8 Å². The standard InChI is InChI=1S/C17H16N2/c1-11-8-9-12(2)15(10-11)17-18-13(3)14-6-4-5-7-16(14)19-17/h4-10H,3H2,1-2H3,(H,18,19). The molecule has 1 N–H and O–H groups in total. The molecule has 1 heterocycles. The first-order valence-electron chi connectivity index (χ1n) is 6.37. The Kier molecular flexibility index (Phi) is 2.71. The van der Waals surface area contributed by atoms with Crippen molar-refractivity contribution < 1.29 is 0 Å². The lowest BCUT2D eigenvalue weighted by Crippen LogP contribution is -2.26. The predicted molar refractivity (Wildman–Crippen MR) is 80.7 cm³/mol. The third kappa shape index (κ3) is 2.06. The maximum atomic E-state index is 4.71. The minimum absolute atomic E-state index is 0.880. The summed E-state index contributed by atoms with van der Waals surface area (Å²) in [4.78, 5) is 4.71. The van der Waals surface area contributed by atoms with Crippen LogP contribution in [0.5, 0.6) is 0 Å². The summed E-state index contributed by atoms with van der Waals surface area (Å²) in [6.45, 7) is 8.28. The van der Waals surface area contributed by atoms with Crippen LogP contribution in [0, 0.1) is 13.8 Å². The van der Waals surface area contributed by atoms with Crippen molar-refractivity contribution in [1.82, 2.24) is 5.32 Å². The number of fused-ring (bicyclic) bond motifs is 1. The first kappa shape index (κ1) is 11.7. The van der Waals surface area contributed by atoms with Crippen molar-refractivity contribution in [3.63, 3.8) is 0 Å². The Morgan fingerprint density at radius 1 is 1.00 bits per heavy atom. The summed E-state index contributed by atoms with van der Waals surface area (Å²) in [5.41, 5.74) is 6.52. The fourth-order valence-electron chi connectivity index (χ4n) is 2.30. The summed E-state index contributed by atoms with van der Waals surface area (Å²) in [5.74, 6) is 0.880. The Balaban J connectivity index is 2.15. The predicted octanol–water partition coefficient (Wildman–Crippen LogP) is 3.96. The molecule has 94 valence electrons. The van der Waals surface area contributed by atoms with E-state index in [4.69, 9.17) is 4.99 Å². The minimum atomic E-state index is 0.880. The first-order chi connectivity index (χ1) is 9.15. The second-order valence-electron chi connectivity index (χ2n) is 4.90. The van der Waals surface area contributed by atoms with E-state index in [-0.39, 0.29) is 0 Å². The zero-order valence-corrected chi connectivity index (χ0v) is 11.2. The van der Waals surface area contributed by atoms with Gasteiger partial charge in [-0.3, -0.25) is 0 Å². The van der Waals surface area contributed by atoms with Gasteiger partial charge < -0.3 is 5.32 Å². The zero-order chi connectivity index (χ0) is 13.4. The van der Waals surface area contributed by atoms with Gasteiger partial charge in [-0.1, -0.05) is 42.5 Å². The van der Waals surface area contributed by atoms with Crippen LogP contribution in [0.3, 0.4) is 0 Å². The number of hydrogen-bond acceptors (Lipinski definition) is 2. The average Bonchev–Trinajstić information content (AvgIpc) is 2.41. The Labute approximate surface area is 113 Å². The highest BCUT2D eigenvalue weighted by Gasteiger charge is 2.16. The van der Waals surface area contributed by atoms with Crippen LogP contribution in [0.1, 0.15) is 22.3 Å². The van der Waals surface area contributed by atoms with Crippen LogP contribution in [0.4, 0.5) is 5.69 Å². The van der Waals surface area contributed by atoms with Gasteiger partial charge in [-0.05, 0) is 31.5 Å². The van der Waals surface area contributed by atoms with Gasteiger partial charge >= 0.3 is 0 Å². The molecule has 2 nitrogen and oxygen atoms in total. The third-order valence-corrected chi connectivity index (χ3v) is 3.38. The quantitative estimate of drug-likeness (QED) is 0.811. The number of rotatable bonds is 1. The number of nitrogens with one attached hydrogen (secondary N) is 1. The van der Waals surface area contributed by atoms with Crippen LogP contribution in [0.2, 0.25) is 0 Å². The number of benzene rings is 2. The highest BCUT2D eigenvalue weighted by Crippen LogP contribution is 2.29. The van der Waals surface area contributed by atoms with Crippen molar-refractivity contribution in [3.05, 3.63) is 71.3 Å². The summed E-state index contributed by atoms with van der Waals surface area (Å²) in [6.07, 6.45) is 0. The maximum absolute atomic E-state index is 4.71. The van der Waals surface area contributed by atoms with Gasteiger partial charge in [-0.15, -0.1) is 0 Å². The van der Waals surface area contributed by atoms with Gasteiger partial charge in [-0.25, -0.2) is 4.99 Å². The molecule has 1 aliphatic rings. The molecule has 0 saturated carbocycles. The molecule has 0 amide bonds. The molecule has 1 aliphatic heterocycles. The Morgan fingerprint density at radius 3 is 2.63 bits per heavy atom. The number of aliphatic imine (C=N–C) groups is 1. The van der Waals surface area contributed by atoms with E-state index < -0.39 is 0 Å². The number of para-hydroxylation sites is 1. The van der Waals surface area contributed by atoms with Gasteiger partial charge in [0.2, 0.25) is 0 Å². The van der Waals surface area contributed by atoms with Gasteiger partial charge in [0.05, 0.1) is 5.69 Å². The van der Waals surface area contributed by atoms with Crippen molar-refractivity contribution >= 4 is 17.2 Å². The summed E-state index contributed by atoms with van der Waals surface area (Å²) >= 11 is 0. The van der Waals surface area contributed by atoms with Crippen molar-refractivity contribution in [2.75, 3.05) is 0 Å². The molecule has 19 heavy (non-hydrogen) atoms. The highest BCUT2D eigenvalue weighted by atomic mass is 15.0. The largest absolute Gasteiger partial charge is 0.340 e. The van der Waals surface area contributed by atoms with Gasteiger partial charge in [0.1, 0.15) is 5.84 Å². The van der Waals surface area contributed by atoms with Crippen LogP contribution in [-0.2, 0) is 0 Å². The van der Waals surface area contributed by atoms with E-state index in [0.717, 1.165) is 28.3 Å². The molecule has 0 aliphatic carbocycles. The summed E-state index contributed by atoms with van der Waals surface area (Å²) in [7, 11) is 0. The molecule has 0 atom stereocenters. The number of hydrogen-bond donors (Lipinski definition) is 1. The molecule has 0 unspecified atom stereocenters. The van der Waals surface area contributed by atoms with Crippen LogP contribution >= 0.6 is 0 Å². The van der Waals surface area contributed by atoms with Crippen molar-refractivity contribution in [2.24, 2.45) is 4.99 Å². The van der Waals surface area contributed by atoms with Crippen molar-refractivity contribution in [3.8, 4) is 0 Å². The number of aryl methyl sites for hydroxylation is 2. The van der Waals surface area contributed by atoms with Crippen LogP contribution < -0.4 is 5.32 Å². The lowest BCUT2D eigenvalue weighted by Gasteiger charge is -2.21. The fraction of sp³-hybridized carbons (Fsp3) is 0.118. The van der Waals surface area contributed by atoms with E-state index in [0.29, 0.717) is 0 Å². The molecule has 0 fully saturated rings. The minimum Gasteiger partial charge on any atom is -0.340 e. The molecule has 0 aromatic heterocycles. The summed E-state index contributed by atoms with van der Waals surface area (Å²) in [6, 6.07) is 14.5. The molecule has 2 heteroatoms. The smallest absolute Gasteiger partial charge is 0.138 e. The summed E-state index contributed by atoms with van der Waals surface area (Å²) in [5, 5.41) is 3.31. The third-order valence-electron chi connectivity index (χ3n) is 3.38. The monoisotopic (exact) mass is 248 g/mol. The van der Waals surface area contributed by atoms with Crippen LogP contribution in [0.15, 0.2) is 54.0 Å². The second-order valence-corrected chi connectivity index (χ2v) is 4.90. The second kappa shape index (κ2) is 4.39. The molecule has 0 saturated heterocycles. The molecular weight excluding hydrogens is 232 g/mol. The molecule has 0 radical (unpaired) electrons. The maximum Gasteiger partial charge on any atom is 0.138 e. The number of amidine groups is 1. The summed E-state index contributed by atoms with van der Waals surface area (Å²) < 4.78 is 0. The zero-order valence-electron chi connectivity index (χ0n) is 11.2. The molecule has 3 rings (SSSR count). The SMILES string of the molecule is C=C1NC(c2cc(C)ccc2C)=Nc2ccccc21. The van der Waals surface area contributed by atoms with Gasteiger partial charge in [-0.2, -0.15) is 0 Å². The van der Waals surface area contributed by atoms with E-state index in [1.54, 1.807) is 0 Å². The van der Waals surface area contributed by atoms with E-state index in [2.05, 4.69) is 43.9 Å².